The van der Waals surface area contributed by atoms with Crippen LogP contribution < -0.4 is 4.74 Å². The molecular weight excluding hydrogens is 548 g/mol. The number of rotatable bonds is 5. The van der Waals surface area contributed by atoms with Gasteiger partial charge in [-0.3, -0.25) is 0 Å². The highest BCUT2D eigenvalue weighted by atomic mass is 16.5. The summed E-state index contributed by atoms with van der Waals surface area (Å²) in [5.74, 6) is 6.11. The Morgan fingerprint density at radius 3 is 2.51 bits per heavy atom. The van der Waals surface area contributed by atoms with Crippen LogP contribution in [0.15, 0.2) is 48.6 Å². The van der Waals surface area contributed by atoms with Crippen LogP contribution in [0.4, 0.5) is 0 Å². The van der Waals surface area contributed by atoms with Crippen LogP contribution in [0, 0.1) is 42.4 Å². The molecule has 4 aliphatic rings. The summed E-state index contributed by atoms with van der Waals surface area (Å²) in [5, 5.41) is 2.37. The van der Waals surface area contributed by atoms with Gasteiger partial charge < -0.3 is 9.64 Å². The molecule has 2 fully saturated rings. The van der Waals surface area contributed by atoms with Gasteiger partial charge in [-0.05, 0) is 104 Å². The highest BCUT2D eigenvalue weighted by Crippen LogP contribution is 2.53. The van der Waals surface area contributed by atoms with Crippen molar-refractivity contribution in [3.05, 3.63) is 82.1 Å². The molecule has 45 heavy (non-hydrogen) atoms. The van der Waals surface area contributed by atoms with E-state index < -0.39 is 0 Å². The molecule has 0 amide bonds. The van der Waals surface area contributed by atoms with E-state index in [1.165, 1.54) is 94.9 Å². The van der Waals surface area contributed by atoms with Crippen LogP contribution >= 0.6 is 0 Å². The predicted octanol–water partition coefficient (Wildman–Crippen LogP) is 10.3. The van der Waals surface area contributed by atoms with E-state index in [4.69, 9.17) is 16.1 Å². The van der Waals surface area contributed by atoms with Gasteiger partial charge in [0.1, 0.15) is 0 Å². The third-order valence-corrected chi connectivity index (χ3v) is 11.7. The molecule has 4 unspecified atom stereocenters. The van der Waals surface area contributed by atoms with Crippen molar-refractivity contribution < 1.29 is 4.74 Å². The Morgan fingerprint density at radius 2 is 1.73 bits per heavy atom. The lowest BCUT2D eigenvalue weighted by molar-refractivity contribution is 0.0572. The van der Waals surface area contributed by atoms with Gasteiger partial charge in [0.05, 0.1) is 12.3 Å². The highest BCUT2D eigenvalue weighted by molar-refractivity contribution is 6.04. The van der Waals surface area contributed by atoms with Gasteiger partial charge in [0.15, 0.2) is 0 Å². The lowest BCUT2D eigenvalue weighted by atomic mass is 9.69. The van der Waals surface area contributed by atoms with Crippen LogP contribution in [-0.4, -0.2) is 23.5 Å². The van der Waals surface area contributed by atoms with Crippen LogP contribution in [0.2, 0.25) is 0 Å². The lowest BCUT2D eigenvalue weighted by Crippen LogP contribution is -2.35. The predicted molar refractivity (Wildman–Crippen MR) is 188 cm³/mol. The zero-order valence-corrected chi connectivity index (χ0v) is 28.1. The number of ether oxygens (including phenoxy) is 1. The van der Waals surface area contributed by atoms with Gasteiger partial charge in [0.25, 0.3) is 0 Å². The van der Waals surface area contributed by atoms with Gasteiger partial charge in [-0.2, -0.15) is 0 Å². The fourth-order valence-electron chi connectivity index (χ4n) is 9.59. The molecule has 2 heterocycles. The molecule has 2 aromatic carbocycles. The van der Waals surface area contributed by atoms with Crippen molar-refractivity contribution in [2.45, 2.75) is 97.9 Å². The van der Waals surface area contributed by atoms with Crippen LogP contribution in [-0.2, 0) is 6.54 Å². The van der Waals surface area contributed by atoms with E-state index in [1.54, 1.807) is 0 Å². The van der Waals surface area contributed by atoms with E-state index in [1.807, 2.05) is 0 Å². The number of nitrogens with zero attached hydrogens (tertiary/aromatic N) is 2. The normalized spacial score (nSPS) is 28.0. The van der Waals surface area contributed by atoms with Crippen molar-refractivity contribution in [1.82, 2.24) is 9.88 Å². The zero-order chi connectivity index (χ0) is 31.3. The maximum absolute atomic E-state index is 6.89. The molecular formula is C42H50N2O. The van der Waals surface area contributed by atoms with Gasteiger partial charge in [-0.15, -0.1) is 6.42 Å². The third-order valence-electron chi connectivity index (χ3n) is 11.7. The molecule has 0 bridgehead atoms. The number of pyridine rings is 1. The summed E-state index contributed by atoms with van der Waals surface area (Å²) in [7, 11) is 2.24. The summed E-state index contributed by atoms with van der Waals surface area (Å²) in [6.07, 6.45) is 22.6. The molecule has 1 aromatic heterocycles. The first-order valence-corrected chi connectivity index (χ1v) is 17.5. The quantitative estimate of drug-likeness (QED) is 0.216. The van der Waals surface area contributed by atoms with Crippen molar-refractivity contribution in [2.75, 3.05) is 13.7 Å². The van der Waals surface area contributed by atoms with Crippen molar-refractivity contribution in [2.24, 2.45) is 23.2 Å². The van der Waals surface area contributed by atoms with Crippen molar-refractivity contribution >= 4 is 22.0 Å². The van der Waals surface area contributed by atoms with Gasteiger partial charge in [0, 0.05) is 58.8 Å². The van der Waals surface area contributed by atoms with E-state index in [2.05, 4.69) is 94.1 Å². The molecule has 7 rings (SSSR count). The minimum absolute atomic E-state index is 0.341. The standard InChI is InChI=1S/C42H50N2O/c1-7-31-12-10-13-32-22-29(4)23-36(39(31)32)41-30(5)35-24-38(45-26-42-18-9-8-14-34(42)15-11-19-42)43-40(37(35)25-44(41)6)33-20-27(2)16-17-28(3)21-33/h1,10,12-13,16-17,22-24,27-28,33-34H,8-9,11,14-15,18-21,25-26H2,2-6H3. The molecule has 4 atom stereocenters. The number of aryl methyl sites for hydroxylation is 1. The summed E-state index contributed by atoms with van der Waals surface area (Å²) in [5.41, 5.74) is 10.2. The van der Waals surface area contributed by atoms with Crippen molar-refractivity contribution in [3.63, 3.8) is 0 Å². The molecule has 1 aliphatic heterocycles. The Labute approximate surface area is 271 Å². The first kappa shape index (κ1) is 30.2. The first-order chi connectivity index (χ1) is 21.8. The fraction of sp³-hybridized carbons (Fsp3) is 0.500. The average molecular weight is 599 g/mol. The molecule has 3 heteroatoms. The SMILES string of the molecule is C#Cc1cccc2cc(C)cc(C3=C(C)c4cc(OCC56CCCCC5CCC6)nc(C5CC(C)C=CC(C)C5)c4CN3C)c12. The second kappa shape index (κ2) is 12.0. The average Bonchev–Trinajstić information content (AvgIpc) is 3.38. The minimum Gasteiger partial charge on any atom is -0.477 e. The Hall–Kier alpha value is -3.51. The third kappa shape index (κ3) is 5.49. The summed E-state index contributed by atoms with van der Waals surface area (Å²) in [6.45, 7) is 10.9. The van der Waals surface area contributed by atoms with E-state index in [9.17, 15) is 0 Å². The molecule has 0 radical (unpaired) electrons. The largest absolute Gasteiger partial charge is 0.477 e. The van der Waals surface area contributed by atoms with Gasteiger partial charge >= 0.3 is 0 Å². The molecule has 0 saturated heterocycles. The molecule has 3 aliphatic carbocycles. The summed E-state index contributed by atoms with van der Waals surface area (Å²) in [6, 6.07) is 13.2. The number of hydrogen-bond donors (Lipinski definition) is 0. The molecule has 3 nitrogen and oxygen atoms in total. The van der Waals surface area contributed by atoms with Crippen LogP contribution in [0.1, 0.15) is 118 Å². The van der Waals surface area contributed by atoms with Gasteiger partial charge in [-0.1, -0.05) is 69.4 Å². The second-order valence-electron chi connectivity index (χ2n) is 15.1. The number of aromatic nitrogens is 1. The molecule has 0 spiro atoms. The Kier molecular flexibility index (Phi) is 8.05. The molecule has 0 N–H and O–H groups in total. The van der Waals surface area contributed by atoms with Crippen molar-refractivity contribution in [1.29, 1.82) is 0 Å². The monoisotopic (exact) mass is 598 g/mol. The Morgan fingerprint density at radius 1 is 0.978 bits per heavy atom. The summed E-state index contributed by atoms with van der Waals surface area (Å²) in [4.78, 5) is 7.89. The molecule has 234 valence electrons. The van der Waals surface area contributed by atoms with Gasteiger partial charge in [-0.25, -0.2) is 4.98 Å². The van der Waals surface area contributed by atoms with E-state index >= 15 is 0 Å². The molecule has 3 aromatic rings. The summed E-state index contributed by atoms with van der Waals surface area (Å²) < 4.78 is 6.89. The van der Waals surface area contributed by atoms with Crippen LogP contribution in [0.5, 0.6) is 5.88 Å². The second-order valence-corrected chi connectivity index (χ2v) is 15.1. The Bertz CT molecular complexity index is 1710. The molecule has 2 saturated carbocycles. The number of benzene rings is 2. The Balaban J connectivity index is 1.37. The van der Waals surface area contributed by atoms with E-state index in [0.29, 0.717) is 23.2 Å². The fourth-order valence-corrected chi connectivity index (χ4v) is 9.59. The van der Waals surface area contributed by atoms with Gasteiger partial charge in [0.2, 0.25) is 5.88 Å². The van der Waals surface area contributed by atoms with Crippen LogP contribution in [0.25, 0.3) is 22.0 Å². The minimum atomic E-state index is 0.341. The van der Waals surface area contributed by atoms with E-state index in [0.717, 1.165) is 43.4 Å². The number of hydrogen-bond acceptors (Lipinski definition) is 3. The van der Waals surface area contributed by atoms with Crippen LogP contribution in [0.3, 0.4) is 0 Å². The smallest absolute Gasteiger partial charge is 0.214 e. The van der Waals surface area contributed by atoms with E-state index in [-0.39, 0.29) is 0 Å². The zero-order valence-electron chi connectivity index (χ0n) is 28.1. The topological polar surface area (TPSA) is 25.4 Å². The number of allylic oxidation sites excluding steroid dienone is 3. The van der Waals surface area contributed by atoms with Crippen molar-refractivity contribution in [3.8, 4) is 18.2 Å². The maximum Gasteiger partial charge on any atom is 0.214 e. The maximum atomic E-state index is 6.89. The number of fused-ring (bicyclic) bond motifs is 3. The first-order valence-electron chi connectivity index (χ1n) is 17.5. The lowest BCUT2D eigenvalue weighted by Gasteiger charge is -2.39. The summed E-state index contributed by atoms with van der Waals surface area (Å²) >= 11 is 0. The number of terminal acetylenes is 1. The highest BCUT2D eigenvalue weighted by Gasteiger charge is 2.45.